The molecule has 0 atom stereocenters. The minimum Gasteiger partial charge on any atom is -0.0654 e. The maximum absolute atomic E-state index is 2.26. The van der Waals surface area contributed by atoms with Crippen LogP contribution in [0.2, 0.25) is 0 Å². The topological polar surface area (TPSA) is 0 Å². The molecule has 0 saturated carbocycles. The average Bonchev–Trinajstić information content (AvgIpc) is 2.73. The summed E-state index contributed by atoms with van der Waals surface area (Å²) in [4.78, 5) is 0. The van der Waals surface area contributed by atoms with Gasteiger partial charge in [-0.3, -0.25) is 0 Å². The maximum Gasteiger partial charge on any atom is -0.0533 e. The van der Waals surface area contributed by atoms with Gasteiger partial charge in [0.25, 0.3) is 0 Å². The van der Waals surface area contributed by atoms with Crippen molar-refractivity contribution in [1.82, 2.24) is 0 Å². The first-order valence-corrected chi connectivity index (χ1v) is 13.7. The third-order valence-electron chi connectivity index (χ3n) is 4.83. The molecule has 0 heterocycles. The Morgan fingerprint density at radius 3 is 0.393 bits per heavy atom. The van der Waals surface area contributed by atoms with Crippen molar-refractivity contribution in [3.8, 4) is 0 Å². The number of hydrogen-bond donors (Lipinski definition) is 0. The Labute approximate surface area is 184 Å². The Hall–Kier alpha value is 0. The molecule has 28 heavy (non-hydrogen) atoms. The zero-order valence-electron chi connectivity index (χ0n) is 22.1. The van der Waals surface area contributed by atoms with Gasteiger partial charge >= 0.3 is 0 Å². The quantitative estimate of drug-likeness (QED) is 0.226. The predicted octanol–water partition coefficient (Wildman–Crippen LogP) is 11.9. The Morgan fingerprint density at radius 1 is 0.179 bits per heavy atom. The van der Waals surface area contributed by atoms with Gasteiger partial charge < -0.3 is 0 Å². The van der Waals surface area contributed by atoms with Gasteiger partial charge in [-0.15, -0.1) is 0 Å². The van der Waals surface area contributed by atoms with Crippen LogP contribution in [0.5, 0.6) is 0 Å². The van der Waals surface area contributed by atoms with E-state index in [4.69, 9.17) is 0 Å². The summed E-state index contributed by atoms with van der Waals surface area (Å²) in [5.41, 5.74) is 0. The van der Waals surface area contributed by atoms with Gasteiger partial charge in [0.05, 0.1) is 0 Å². The Morgan fingerprint density at radius 2 is 0.286 bits per heavy atom. The minimum atomic E-state index is 1.36. The molecular formula is C28H64. The fourth-order valence-corrected chi connectivity index (χ4v) is 2.71. The fraction of sp³-hybridized carbons (Fsp3) is 1.00. The maximum atomic E-state index is 2.26. The highest BCUT2D eigenvalue weighted by atomic mass is 13.9. The van der Waals surface area contributed by atoms with Crippen LogP contribution in [0.1, 0.15) is 184 Å². The lowest BCUT2D eigenvalue weighted by molar-refractivity contribution is 0.624. The highest BCUT2D eigenvalue weighted by Gasteiger charge is 1.84. The second-order valence-corrected chi connectivity index (χ2v) is 8.24. The first kappa shape index (κ1) is 35.4. The molecule has 0 N–H and O–H groups in total. The van der Waals surface area contributed by atoms with Crippen molar-refractivity contribution in [2.45, 2.75) is 184 Å². The average molecular weight is 401 g/mol. The van der Waals surface area contributed by atoms with E-state index in [0.29, 0.717) is 0 Å². The summed E-state index contributed by atoms with van der Waals surface area (Å²) in [6, 6.07) is 0. The first-order valence-electron chi connectivity index (χ1n) is 13.7. The Bertz CT molecular complexity index is 133. The monoisotopic (exact) mass is 401 g/mol. The van der Waals surface area contributed by atoms with E-state index in [1.807, 2.05) is 0 Å². The third kappa shape index (κ3) is 63.5. The summed E-state index contributed by atoms with van der Waals surface area (Å²) < 4.78 is 0. The van der Waals surface area contributed by atoms with Gasteiger partial charge in [-0.1, -0.05) is 184 Å². The highest BCUT2D eigenvalue weighted by Crippen LogP contribution is 2.04. The summed E-state index contributed by atoms with van der Waals surface area (Å²) in [6.07, 6.45) is 28.0. The van der Waals surface area contributed by atoms with Crippen LogP contribution in [0, 0.1) is 0 Å². The molecule has 0 fully saturated rings. The van der Waals surface area contributed by atoms with Crippen LogP contribution in [0.25, 0.3) is 0 Å². The van der Waals surface area contributed by atoms with E-state index >= 15 is 0 Å². The molecule has 0 heteroatoms. The second-order valence-electron chi connectivity index (χ2n) is 8.24. The molecule has 0 nitrogen and oxygen atoms in total. The lowest BCUT2D eigenvalue weighted by atomic mass is 10.1. The van der Waals surface area contributed by atoms with Crippen LogP contribution in [0.3, 0.4) is 0 Å². The van der Waals surface area contributed by atoms with Crippen molar-refractivity contribution in [2.75, 3.05) is 0 Å². The van der Waals surface area contributed by atoms with Crippen LogP contribution in [-0.2, 0) is 0 Å². The molecule has 0 aliphatic heterocycles. The SMILES string of the molecule is CCCCCC.CCCCCC.CCCCCCCC.CCCCCCCC. The van der Waals surface area contributed by atoms with Gasteiger partial charge in [0.1, 0.15) is 0 Å². The smallest absolute Gasteiger partial charge is 0.0533 e. The molecule has 0 aliphatic carbocycles. The zero-order chi connectivity index (χ0) is 22.1. The number of rotatable bonds is 16. The van der Waals surface area contributed by atoms with Crippen molar-refractivity contribution >= 4 is 0 Å². The van der Waals surface area contributed by atoms with Crippen LogP contribution in [0.15, 0.2) is 0 Å². The molecule has 0 saturated heterocycles. The van der Waals surface area contributed by atoms with Crippen LogP contribution < -0.4 is 0 Å². The molecule has 0 aromatic carbocycles. The zero-order valence-corrected chi connectivity index (χ0v) is 22.1. The third-order valence-corrected chi connectivity index (χ3v) is 4.83. The van der Waals surface area contributed by atoms with Gasteiger partial charge in [0.15, 0.2) is 0 Å². The van der Waals surface area contributed by atoms with E-state index in [2.05, 4.69) is 55.4 Å². The van der Waals surface area contributed by atoms with Gasteiger partial charge in [0, 0.05) is 0 Å². The van der Waals surface area contributed by atoms with E-state index < -0.39 is 0 Å². The molecule has 0 radical (unpaired) electrons. The van der Waals surface area contributed by atoms with Crippen LogP contribution in [-0.4, -0.2) is 0 Å². The van der Waals surface area contributed by atoms with Gasteiger partial charge in [-0.2, -0.15) is 0 Å². The predicted molar refractivity (Wildman–Crippen MR) is 138 cm³/mol. The van der Waals surface area contributed by atoms with Crippen molar-refractivity contribution in [1.29, 1.82) is 0 Å². The minimum absolute atomic E-state index is 1.36. The number of hydrogen-bond acceptors (Lipinski definition) is 0. The van der Waals surface area contributed by atoms with Gasteiger partial charge in [-0.05, 0) is 0 Å². The van der Waals surface area contributed by atoms with Gasteiger partial charge in [-0.25, -0.2) is 0 Å². The van der Waals surface area contributed by atoms with Crippen molar-refractivity contribution < 1.29 is 0 Å². The van der Waals surface area contributed by atoms with Gasteiger partial charge in [0.2, 0.25) is 0 Å². The molecule has 176 valence electrons. The van der Waals surface area contributed by atoms with E-state index in [9.17, 15) is 0 Å². The Kier molecular flexibility index (Phi) is 57.8. The lowest BCUT2D eigenvalue weighted by Crippen LogP contribution is -1.73. The largest absolute Gasteiger partial charge is 0.0654 e. The molecular weight excluding hydrogens is 336 g/mol. The van der Waals surface area contributed by atoms with Crippen molar-refractivity contribution in [3.63, 3.8) is 0 Å². The summed E-state index contributed by atoms with van der Waals surface area (Å²) in [5, 5.41) is 0. The molecule has 0 aliphatic rings. The summed E-state index contributed by atoms with van der Waals surface area (Å²) in [5.74, 6) is 0. The molecule has 0 rings (SSSR count). The normalized spacial score (nSPS) is 9.43. The van der Waals surface area contributed by atoms with E-state index in [-0.39, 0.29) is 0 Å². The van der Waals surface area contributed by atoms with Crippen LogP contribution >= 0.6 is 0 Å². The number of unbranched alkanes of at least 4 members (excludes halogenated alkanes) is 16. The van der Waals surface area contributed by atoms with E-state index in [1.54, 1.807) is 0 Å². The standard InChI is InChI=1S/2C8H18.2C6H14/c2*1-3-5-7-8-6-4-2;2*1-3-5-6-4-2/h2*3-8H2,1-2H3;2*3-6H2,1-2H3. The molecule has 0 unspecified atom stereocenters. The van der Waals surface area contributed by atoms with Crippen molar-refractivity contribution in [3.05, 3.63) is 0 Å². The molecule has 0 bridgehead atoms. The van der Waals surface area contributed by atoms with Crippen LogP contribution in [0.4, 0.5) is 0 Å². The summed E-state index contributed by atoms with van der Waals surface area (Å²) >= 11 is 0. The molecule has 0 spiro atoms. The Balaban J connectivity index is -0.000000139. The highest BCUT2D eigenvalue weighted by molar-refractivity contribution is 4.40. The molecule has 0 amide bonds. The first-order chi connectivity index (χ1) is 13.7. The summed E-state index contributed by atoms with van der Waals surface area (Å²) in [6.45, 7) is 18.0. The second kappa shape index (κ2) is 45.6. The van der Waals surface area contributed by atoms with E-state index in [0.717, 1.165) is 0 Å². The van der Waals surface area contributed by atoms with E-state index in [1.165, 1.54) is 128 Å². The fourth-order valence-electron chi connectivity index (χ4n) is 2.71. The molecule has 0 aromatic heterocycles. The summed E-state index contributed by atoms with van der Waals surface area (Å²) in [7, 11) is 0. The molecule has 0 aromatic rings. The van der Waals surface area contributed by atoms with Crippen molar-refractivity contribution in [2.24, 2.45) is 0 Å². The lowest BCUT2D eigenvalue weighted by Gasteiger charge is -1.93.